The number of hydrogen-bond donors (Lipinski definition) is 0. The fraction of sp³-hybridized carbons (Fsp3) is 0.619. The van der Waals surface area contributed by atoms with Gasteiger partial charge in [-0.15, -0.1) is 0 Å². The van der Waals surface area contributed by atoms with Crippen LogP contribution in [0.1, 0.15) is 52.5 Å². The standard InChI is InChI=1S/C21H31BrO2Si/c1-13(2)11-15-17(24-25(6,7)21(3,4)5)12-18-19(15)14-9-8-10-16(22)20(14)23-18/h8-11,15,17-19H,12H2,1-7H3. The van der Waals surface area contributed by atoms with Crippen molar-refractivity contribution in [2.45, 2.75) is 77.3 Å². The molecule has 4 heteroatoms. The lowest BCUT2D eigenvalue weighted by molar-refractivity contribution is 0.142. The first-order chi connectivity index (χ1) is 11.5. The van der Waals surface area contributed by atoms with Crippen molar-refractivity contribution in [1.82, 2.24) is 0 Å². The maximum Gasteiger partial charge on any atom is 0.192 e. The molecule has 0 radical (unpaired) electrons. The predicted octanol–water partition coefficient (Wildman–Crippen LogP) is 6.67. The van der Waals surface area contributed by atoms with Gasteiger partial charge in [-0.05, 0) is 54.0 Å². The van der Waals surface area contributed by atoms with Gasteiger partial charge in [0.05, 0.1) is 10.6 Å². The third-order valence-corrected chi connectivity index (χ3v) is 11.2. The molecule has 1 aliphatic heterocycles. The topological polar surface area (TPSA) is 18.5 Å². The predicted molar refractivity (Wildman–Crippen MR) is 111 cm³/mol. The van der Waals surface area contributed by atoms with Crippen LogP contribution in [0.3, 0.4) is 0 Å². The van der Waals surface area contributed by atoms with Crippen molar-refractivity contribution in [2.24, 2.45) is 5.92 Å². The summed E-state index contributed by atoms with van der Waals surface area (Å²) in [6.07, 6.45) is 3.87. The molecular formula is C21H31BrO2Si. The number of para-hydroxylation sites is 1. The van der Waals surface area contributed by atoms with E-state index in [1.165, 1.54) is 11.1 Å². The lowest BCUT2D eigenvalue weighted by atomic mass is 9.87. The number of benzene rings is 1. The smallest absolute Gasteiger partial charge is 0.192 e. The van der Waals surface area contributed by atoms with Gasteiger partial charge in [-0.1, -0.05) is 44.6 Å². The Kier molecular flexibility index (Phi) is 5.02. The Balaban J connectivity index is 1.95. The molecule has 0 bridgehead atoms. The fourth-order valence-corrected chi connectivity index (χ4v) is 5.72. The SMILES string of the molecule is CC(C)=CC1C(O[Si](C)(C)C(C)(C)C)CC2Oc3c(Br)cccc3C21. The second kappa shape index (κ2) is 6.54. The lowest BCUT2D eigenvalue weighted by Gasteiger charge is -2.40. The number of rotatable bonds is 3. The van der Waals surface area contributed by atoms with Gasteiger partial charge in [-0.3, -0.25) is 0 Å². The highest BCUT2D eigenvalue weighted by atomic mass is 79.9. The summed E-state index contributed by atoms with van der Waals surface area (Å²) >= 11 is 3.65. The summed E-state index contributed by atoms with van der Waals surface area (Å²) in [4.78, 5) is 0. The van der Waals surface area contributed by atoms with Crippen LogP contribution < -0.4 is 4.74 Å². The first-order valence-electron chi connectivity index (χ1n) is 9.29. The third-order valence-electron chi connectivity index (χ3n) is 6.11. The second-order valence-corrected chi connectivity index (χ2v) is 14.9. The summed E-state index contributed by atoms with van der Waals surface area (Å²) in [6.45, 7) is 16.0. The van der Waals surface area contributed by atoms with Gasteiger partial charge in [0, 0.05) is 23.8 Å². The molecule has 0 N–H and O–H groups in total. The third kappa shape index (κ3) is 3.50. The Morgan fingerprint density at radius 3 is 2.56 bits per heavy atom. The average Bonchev–Trinajstić information content (AvgIpc) is 2.96. The van der Waals surface area contributed by atoms with Crippen LogP contribution in [0.15, 0.2) is 34.3 Å². The van der Waals surface area contributed by atoms with E-state index in [0.29, 0.717) is 11.8 Å². The highest BCUT2D eigenvalue weighted by molar-refractivity contribution is 9.10. The van der Waals surface area contributed by atoms with Gasteiger partial charge in [0.1, 0.15) is 11.9 Å². The van der Waals surface area contributed by atoms with Crippen molar-refractivity contribution >= 4 is 24.2 Å². The number of hydrogen-bond acceptors (Lipinski definition) is 2. The van der Waals surface area contributed by atoms with Crippen molar-refractivity contribution in [3.8, 4) is 5.75 Å². The fourth-order valence-electron chi connectivity index (χ4n) is 3.88. The van der Waals surface area contributed by atoms with Crippen molar-refractivity contribution < 1.29 is 9.16 Å². The molecule has 1 aromatic carbocycles. The van der Waals surface area contributed by atoms with Gasteiger partial charge in [0.2, 0.25) is 0 Å². The van der Waals surface area contributed by atoms with E-state index in [-0.39, 0.29) is 17.2 Å². The number of halogens is 1. The lowest BCUT2D eigenvalue weighted by Crippen LogP contribution is -2.45. The molecule has 1 aliphatic carbocycles. The molecule has 1 fully saturated rings. The van der Waals surface area contributed by atoms with Gasteiger partial charge >= 0.3 is 0 Å². The van der Waals surface area contributed by atoms with Gasteiger partial charge in [0.25, 0.3) is 0 Å². The van der Waals surface area contributed by atoms with E-state index in [2.05, 4.69) is 87.9 Å². The highest BCUT2D eigenvalue weighted by Gasteiger charge is 2.52. The van der Waals surface area contributed by atoms with Crippen LogP contribution in [0.25, 0.3) is 0 Å². The largest absolute Gasteiger partial charge is 0.488 e. The Morgan fingerprint density at radius 2 is 1.96 bits per heavy atom. The van der Waals surface area contributed by atoms with E-state index in [1.807, 2.05) is 0 Å². The zero-order valence-electron chi connectivity index (χ0n) is 16.5. The minimum atomic E-state index is -1.81. The van der Waals surface area contributed by atoms with Crippen LogP contribution in [0.4, 0.5) is 0 Å². The molecule has 3 rings (SSSR count). The van der Waals surface area contributed by atoms with Gasteiger partial charge < -0.3 is 9.16 Å². The zero-order valence-corrected chi connectivity index (χ0v) is 19.1. The minimum absolute atomic E-state index is 0.224. The molecule has 4 atom stereocenters. The Morgan fingerprint density at radius 1 is 1.28 bits per heavy atom. The van der Waals surface area contributed by atoms with Crippen molar-refractivity contribution in [3.05, 3.63) is 39.9 Å². The Bertz CT molecular complexity index is 686. The molecule has 138 valence electrons. The van der Waals surface area contributed by atoms with E-state index in [9.17, 15) is 0 Å². The number of fused-ring (bicyclic) bond motifs is 3. The monoisotopic (exact) mass is 422 g/mol. The van der Waals surface area contributed by atoms with E-state index < -0.39 is 8.32 Å². The van der Waals surface area contributed by atoms with E-state index in [0.717, 1.165) is 16.6 Å². The molecule has 25 heavy (non-hydrogen) atoms. The van der Waals surface area contributed by atoms with Gasteiger partial charge in [0.15, 0.2) is 8.32 Å². The maximum absolute atomic E-state index is 6.86. The molecule has 1 aromatic rings. The van der Waals surface area contributed by atoms with E-state index in [4.69, 9.17) is 9.16 Å². The summed E-state index contributed by atoms with van der Waals surface area (Å²) in [7, 11) is -1.81. The van der Waals surface area contributed by atoms with E-state index >= 15 is 0 Å². The maximum atomic E-state index is 6.86. The molecule has 0 saturated heterocycles. The van der Waals surface area contributed by atoms with E-state index in [1.54, 1.807) is 0 Å². The molecule has 0 aromatic heterocycles. The van der Waals surface area contributed by atoms with Crippen molar-refractivity contribution in [2.75, 3.05) is 0 Å². The van der Waals surface area contributed by atoms with Crippen molar-refractivity contribution in [3.63, 3.8) is 0 Å². The molecule has 1 heterocycles. The summed E-state index contributed by atoms with van der Waals surface area (Å²) in [5.74, 6) is 1.83. The van der Waals surface area contributed by atoms with Crippen LogP contribution in [-0.4, -0.2) is 20.5 Å². The van der Waals surface area contributed by atoms with Crippen LogP contribution in [0.2, 0.25) is 18.1 Å². The molecule has 1 saturated carbocycles. The Hall–Kier alpha value is -0.583. The normalized spacial score (nSPS) is 28.3. The van der Waals surface area contributed by atoms with Gasteiger partial charge in [-0.2, -0.15) is 0 Å². The van der Waals surface area contributed by atoms with Crippen LogP contribution in [-0.2, 0) is 4.43 Å². The summed E-state index contributed by atoms with van der Waals surface area (Å²) in [5, 5.41) is 0.224. The summed E-state index contributed by atoms with van der Waals surface area (Å²) in [6, 6.07) is 6.42. The Labute approximate surface area is 162 Å². The van der Waals surface area contributed by atoms with Crippen LogP contribution in [0.5, 0.6) is 5.75 Å². The first kappa shape index (κ1) is 19.2. The molecule has 0 amide bonds. The summed E-state index contributed by atoms with van der Waals surface area (Å²) in [5.41, 5.74) is 2.70. The highest BCUT2D eigenvalue weighted by Crippen LogP contribution is 2.54. The summed E-state index contributed by atoms with van der Waals surface area (Å²) < 4.78 is 14.3. The quantitative estimate of drug-likeness (QED) is 0.399. The number of allylic oxidation sites excluding steroid dienone is 1. The van der Waals surface area contributed by atoms with Crippen LogP contribution >= 0.6 is 15.9 Å². The molecule has 0 spiro atoms. The number of ether oxygens (including phenoxy) is 1. The second-order valence-electron chi connectivity index (χ2n) is 9.31. The first-order valence-corrected chi connectivity index (χ1v) is 13.0. The molecule has 2 aliphatic rings. The zero-order chi connectivity index (χ0) is 18.6. The average molecular weight is 423 g/mol. The van der Waals surface area contributed by atoms with Gasteiger partial charge in [-0.25, -0.2) is 0 Å². The molecule has 2 nitrogen and oxygen atoms in total. The molecular weight excluding hydrogens is 392 g/mol. The van der Waals surface area contributed by atoms with Crippen LogP contribution in [0, 0.1) is 5.92 Å². The van der Waals surface area contributed by atoms with Crippen molar-refractivity contribution in [1.29, 1.82) is 0 Å². The molecule has 4 unspecified atom stereocenters. The minimum Gasteiger partial charge on any atom is -0.488 e.